The first-order valence-corrected chi connectivity index (χ1v) is 8.92. The number of carbonyl (C=O) groups is 2. The minimum absolute atomic E-state index is 0.129. The Morgan fingerprint density at radius 3 is 1.81 bits per heavy atom. The van der Waals surface area contributed by atoms with E-state index >= 15 is 0 Å². The lowest BCUT2D eigenvalue weighted by Gasteiger charge is -2.28. The van der Waals surface area contributed by atoms with Crippen molar-refractivity contribution in [2.24, 2.45) is 0 Å². The molecule has 0 aliphatic heterocycles. The fraction of sp³-hybridized carbons (Fsp3) is 0.692. The van der Waals surface area contributed by atoms with Gasteiger partial charge in [0.15, 0.2) is 0 Å². The molecule has 0 heterocycles. The third-order valence-corrected chi connectivity index (χ3v) is 5.75. The minimum Gasteiger partial charge on any atom is -0.478 e. The topological polar surface area (TPSA) is 102 Å². The van der Waals surface area contributed by atoms with E-state index in [2.05, 4.69) is 0 Å². The Morgan fingerprint density at radius 1 is 1.00 bits per heavy atom. The summed E-state index contributed by atoms with van der Waals surface area (Å²) in [6.07, 6.45) is 1.27. The van der Waals surface area contributed by atoms with Gasteiger partial charge in [0.1, 0.15) is 0 Å². The van der Waals surface area contributed by atoms with Gasteiger partial charge < -0.3 is 23.5 Å². The maximum atomic E-state index is 11.0. The van der Waals surface area contributed by atoms with Crippen molar-refractivity contribution < 1.29 is 33.1 Å². The molecule has 7 nitrogen and oxygen atoms in total. The minimum atomic E-state index is -2.80. The van der Waals surface area contributed by atoms with Crippen molar-refractivity contribution in [1.82, 2.24) is 0 Å². The molecule has 0 aromatic heterocycles. The number of rotatable bonds is 12. The molecule has 0 saturated carbocycles. The third-order valence-electron chi connectivity index (χ3n) is 2.59. The van der Waals surface area contributed by atoms with Crippen LogP contribution in [0.4, 0.5) is 0 Å². The van der Waals surface area contributed by atoms with Crippen LogP contribution in [-0.4, -0.2) is 50.8 Å². The molecule has 8 heteroatoms. The highest BCUT2D eigenvalue weighted by molar-refractivity contribution is 6.60. The van der Waals surface area contributed by atoms with Gasteiger partial charge in [0.05, 0.1) is 0 Å². The lowest BCUT2D eigenvalue weighted by atomic mass is 10.1. The summed E-state index contributed by atoms with van der Waals surface area (Å²) in [5.74, 6) is -2.50. The zero-order chi connectivity index (χ0) is 16.3. The predicted molar refractivity (Wildman–Crippen MR) is 78.0 cm³/mol. The Balaban J connectivity index is 4.73. The van der Waals surface area contributed by atoms with Crippen LogP contribution in [0.2, 0.25) is 6.04 Å². The summed E-state index contributed by atoms with van der Waals surface area (Å²) in [6, 6.07) is 0.451. The molecule has 0 unspecified atom stereocenters. The van der Waals surface area contributed by atoms with Gasteiger partial charge in [-0.05, 0) is 33.6 Å². The summed E-state index contributed by atoms with van der Waals surface area (Å²) in [6.45, 7) is 6.86. The van der Waals surface area contributed by atoms with Crippen molar-refractivity contribution in [3.63, 3.8) is 0 Å². The van der Waals surface area contributed by atoms with Gasteiger partial charge in [-0.1, -0.05) is 0 Å². The molecule has 0 rings (SSSR count). The monoisotopic (exact) mass is 320 g/mol. The first-order chi connectivity index (χ1) is 9.90. The van der Waals surface area contributed by atoms with Crippen molar-refractivity contribution in [3.8, 4) is 0 Å². The van der Waals surface area contributed by atoms with E-state index in [1.807, 2.05) is 20.8 Å². The van der Waals surface area contributed by atoms with Crippen molar-refractivity contribution in [1.29, 1.82) is 0 Å². The molecule has 122 valence electrons. The van der Waals surface area contributed by atoms with Gasteiger partial charge in [-0.3, -0.25) is 0 Å². The van der Waals surface area contributed by atoms with Crippen LogP contribution in [0.3, 0.4) is 0 Å². The average Bonchev–Trinajstić information content (AvgIpc) is 2.38. The van der Waals surface area contributed by atoms with E-state index in [4.69, 9.17) is 23.5 Å². The van der Waals surface area contributed by atoms with E-state index < -0.39 is 20.7 Å². The van der Waals surface area contributed by atoms with Crippen molar-refractivity contribution in [2.75, 3.05) is 19.8 Å². The van der Waals surface area contributed by atoms with Gasteiger partial charge in [-0.2, -0.15) is 0 Å². The van der Waals surface area contributed by atoms with Crippen LogP contribution in [-0.2, 0) is 22.9 Å². The van der Waals surface area contributed by atoms with Crippen LogP contribution in [0.5, 0.6) is 0 Å². The van der Waals surface area contributed by atoms with Crippen LogP contribution < -0.4 is 0 Å². The van der Waals surface area contributed by atoms with Gasteiger partial charge in [0.2, 0.25) is 0 Å². The van der Waals surface area contributed by atoms with Crippen LogP contribution >= 0.6 is 0 Å². The van der Waals surface area contributed by atoms with Crippen LogP contribution in [0.25, 0.3) is 0 Å². The number of hydrogen-bond donors (Lipinski definition) is 2. The molecule has 0 aliphatic rings. The summed E-state index contributed by atoms with van der Waals surface area (Å²) < 4.78 is 16.9. The smallest absolute Gasteiger partial charge is 0.478 e. The van der Waals surface area contributed by atoms with Gasteiger partial charge in [0.25, 0.3) is 0 Å². The highest BCUT2D eigenvalue weighted by Crippen LogP contribution is 2.21. The molecular formula is C13H24O7Si. The van der Waals surface area contributed by atoms with Crippen LogP contribution in [0.1, 0.15) is 33.6 Å². The molecule has 0 aliphatic carbocycles. The Bertz CT molecular complexity index is 351. The summed E-state index contributed by atoms with van der Waals surface area (Å²) in [7, 11) is -2.80. The molecule has 0 aromatic rings. The first-order valence-electron chi connectivity index (χ1n) is 6.99. The highest BCUT2D eigenvalue weighted by atomic mass is 28.4. The molecular weight excluding hydrogens is 296 g/mol. The maximum absolute atomic E-state index is 11.0. The van der Waals surface area contributed by atoms with E-state index in [9.17, 15) is 9.59 Å². The van der Waals surface area contributed by atoms with Crippen LogP contribution in [0, 0.1) is 0 Å². The Labute approximate surface area is 125 Å². The van der Waals surface area contributed by atoms with E-state index in [1.54, 1.807) is 0 Å². The number of aliphatic carboxylic acids is 2. The molecule has 0 saturated heterocycles. The molecule has 0 fully saturated rings. The fourth-order valence-corrected chi connectivity index (χ4v) is 4.50. The van der Waals surface area contributed by atoms with Gasteiger partial charge in [-0.25, -0.2) is 9.59 Å². The summed E-state index contributed by atoms with van der Waals surface area (Å²) >= 11 is 0. The van der Waals surface area contributed by atoms with E-state index in [1.165, 1.54) is 0 Å². The number of carboxylic acids is 2. The molecule has 0 amide bonds. The average molecular weight is 320 g/mol. The first kappa shape index (κ1) is 19.8. The second-order valence-corrected chi connectivity index (χ2v) is 6.88. The lowest BCUT2D eigenvalue weighted by Crippen LogP contribution is -2.45. The third kappa shape index (κ3) is 7.95. The molecule has 0 spiro atoms. The molecule has 0 bridgehead atoms. The summed E-state index contributed by atoms with van der Waals surface area (Å²) in [5.41, 5.74) is -0.144. The van der Waals surface area contributed by atoms with E-state index in [0.717, 1.165) is 0 Å². The predicted octanol–water partition coefficient (Wildman–Crippen LogP) is 1.91. The molecule has 0 radical (unpaired) electrons. The van der Waals surface area contributed by atoms with Gasteiger partial charge >= 0.3 is 20.7 Å². The van der Waals surface area contributed by atoms with E-state index in [-0.39, 0.29) is 12.0 Å². The zero-order valence-electron chi connectivity index (χ0n) is 12.8. The second-order valence-electron chi connectivity index (χ2n) is 4.15. The van der Waals surface area contributed by atoms with Crippen molar-refractivity contribution >= 4 is 20.7 Å². The Morgan fingerprint density at radius 2 is 1.48 bits per heavy atom. The van der Waals surface area contributed by atoms with Gasteiger partial charge in [-0.15, -0.1) is 0 Å². The molecule has 2 N–H and O–H groups in total. The van der Waals surface area contributed by atoms with E-state index in [0.29, 0.717) is 38.4 Å². The fourth-order valence-electron chi connectivity index (χ4n) is 1.89. The standard InChI is InChI=1S/C13H24O7Si/c1-4-18-21(19-5-2,20-6-3)9-7-8-11(13(16)17)10-12(14)15/h10H,4-9H2,1-3H3,(H,14,15)(H,16,17). The largest absolute Gasteiger partial charge is 0.500 e. The maximum Gasteiger partial charge on any atom is 0.500 e. The SMILES string of the molecule is CCO[Si](CCCC(=CC(=O)O)C(=O)O)(OCC)OCC. The van der Waals surface area contributed by atoms with Gasteiger partial charge in [0, 0.05) is 37.5 Å². The molecule has 21 heavy (non-hydrogen) atoms. The summed E-state index contributed by atoms with van der Waals surface area (Å²) in [5, 5.41) is 17.6. The van der Waals surface area contributed by atoms with Crippen molar-refractivity contribution in [2.45, 2.75) is 39.7 Å². The quantitative estimate of drug-likeness (QED) is 0.418. The number of hydrogen-bond acceptors (Lipinski definition) is 5. The molecule has 0 atom stereocenters. The normalized spacial score (nSPS) is 12.4. The number of carboxylic acid groups (broad SMARTS) is 2. The second kappa shape index (κ2) is 10.5. The Kier molecular flexibility index (Phi) is 9.88. The van der Waals surface area contributed by atoms with Crippen molar-refractivity contribution in [3.05, 3.63) is 11.6 Å². The Hall–Kier alpha value is -1.22. The zero-order valence-corrected chi connectivity index (χ0v) is 13.8. The molecule has 0 aromatic carbocycles. The lowest BCUT2D eigenvalue weighted by molar-refractivity contribution is -0.135. The summed E-state index contributed by atoms with van der Waals surface area (Å²) in [4.78, 5) is 21.5. The highest BCUT2D eigenvalue weighted by Gasteiger charge is 2.39. The van der Waals surface area contributed by atoms with Crippen LogP contribution in [0.15, 0.2) is 11.6 Å².